The standard InChI is InChI=1S/C14H12F3N3OS/c1-8(2)21-13-19-20-7-11(18-12(20)22-13)9-3-5-10(6-4-9)14(15,16)17/h3-8H,1-2H3. The Bertz CT molecular complexity index is 758. The van der Waals surface area contributed by atoms with Crippen molar-refractivity contribution in [1.82, 2.24) is 14.6 Å². The number of alkyl halides is 3. The van der Waals surface area contributed by atoms with E-state index in [4.69, 9.17) is 4.74 Å². The van der Waals surface area contributed by atoms with Crippen molar-refractivity contribution in [3.63, 3.8) is 0 Å². The second-order valence-electron chi connectivity index (χ2n) is 4.96. The van der Waals surface area contributed by atoms with Crippen molar-refractivity contribution >= 4 is 16.3 Å². The molecule has 2 aromatic heterocycles. The molecule has 0 unspecified atom stereocenters. The number of fused-ring (bicyclic) bond motifs is 1. The Kier molecular flexibility index (Phi) is 3.56. The van der Waals surface area contributed by atoms with Gasteiger partial charge in [0.1, 0.15) is 0 Å². The lowest BCUT2D eigenvalue weighted by molar-refractivity contribution is -0.137. The fourth-order valence-electron chi connectivity index (χ4n) is 1.90. The number of benzene rings is 1. The Balaban J connectivity index is 1.88. The van der Waals surface area contributed by atoms with Crippen LogP contribution in [0.1, 0.15) is 19.4 Å². The van der Waals surface area contributed by atoms with Gasteiger partial charge in [-0.1, -0.05) is 12.1 Å². The van der Waals surface area contributed by atoms with Gasteiger partial charge in [0.05, 0.1) is 23.6 Å². The first-order chi connectivity index (χ1) is 10.3. The van der Waals surface area contributed by atoms with E-state index in [1.165, 1.54) is 23.5 Å². The van der Waals surface area contributed by atoms with Gasteiger partial charge < -0.3 is 4.74 Å². The number of rotatable bonds is 3. The molecule has 4 nitrogen and oxygen atoms in total. The van der Waals surface area contributed by atoms with Crippen LogP contribution in [0.4, 0.5) is 13.2 Å². The molecule has 8 heteroatoms. The first-order valence-electron chi connectivity index (χ1n) is 6.53. The molecular formula is C14H12F3N3OS. The summed E-state index contributed by atoms with van der Waals surface area (Å²) >= 11 is 1.29. The summed E-state index contributed by atoms with van der Waals surface area (Å²) in [6.45, 7) is 3.80. The lowest BCUT2D eigenvalue weighted by Crippen LogP contribution is -2.05. The minimum Gasteiger partial charge on any atom is -0.466 e. The molecule has 0 N–H and O–H groups in total. The van der Waals surface area contributed by atoms with Gasteiger partial charge in [0.15, 0.2) is 0 Å². The highest BCUT2D eigenvalue weighted by molar-refractivity contribution is 7.18. The van der Waals surface area contributed by atoms with Gasteiger partial charge in [0.2, 0.25) is 4.96 Å². The van der Waals surface area contributed by atoms with Crippen LogP contribution in [-0.2, 0) is 6.18 Å². The van der Waals surface area contributed by atoms with Crippen LogP contribution in [0, 0.1) is 0 Å². The Hall–Kier alpha value is -2.09. The summed E-state index contributed by atoms with van der Waals surface area (Å²) in [6.07, 6.45) is -2.65. The Labute approximate surface area is 128 Å². The molecule has 0 aliphatic heterocycles. The molecule has 0 atom stereocenters. The van der Waals surface area contributed by atoms with E-state index >= 15 is 0 Å². The van der Waals surface area contributed by atoms with Gasteiger partial charge in [-0.2, -0.15) is 13.2 Å². The highest BCUT2D eigenvalue weighted by atomic mass is 32.1. The lowest BCUT2D eigenvalue weighted by Gasteiger charge is -2.06. The SMILES string of the molecule is CC(C)Oc1nn2cc(-c3ccc(C(F)(F)F)cc3)nc2s1. The van der Waals surface area contributed by atoms with Gasteiger partial charge in [-0.05, 0) is 37.3 Å². The second-order valence-corrected chi connectivity index (χ2v) is 5.88. The van der Waals surface area contributed by atoms with Crippen LogP contribution in [-0.4, -0.2) is 20.7 Å². The molecule has 0 saturated carbocycles. The van der Waals surface area contributed by atoms with E-state index < -0.39 is 11.7 Å². The third kappa shape index (κ3) is 2.92. The quantitative estimate of drug-likeness (QED) is 0.721. The Morgan fingerprint density at radius 1 is 1.18 bits per heavy atom. The summed E-state index contributed by atoms with van der Waals surface area (Å²) in [7, 11) is 0. The lowest BCUT2D eigenvalue weighted by atomic mass is 10.1. The highest BCUT2D eigenvalue weighted by Crippen LogP contribution is 2.31. The van der Waals surface area contributed by atoms with Crippen LogP contribution in [0.3, 0.4) is 0 Å². The van der Waals surface area contributed by atoms with Crippen LogP contribution in [0.5, 0.6) is 5.19 Å². The average Bonchev–Trinajstić information content (AvgIpc) is 2.95. The molecular weight excluding hydrogens is 315 g/mol. The van der Waals surface area contributed by atoms with Crippen LogP contribution in [0.15, 0.2) is 30.5 Å². The summed E-state index contributed by atoms with van der Waals surface area (Å²) in [5, 5.41) is 4.74. The van der Waals surface area contributed by atoms with E-state index in [0.29, 0.717) is 21.4 Å². The van der Waals surface area contributed by atoms with E-state index in [2.05, 4.69) is 10.1 Å². The van der Waals surface area contributed by atoms with Crippen molar-refractivity contribution in [2.45, 2.75) is 26.1 Å². The van der Waals surface area contributed by atoms with Crippen molar-refractivity contribution < 1.29 is 17.9 Å². The molecule has 0 radical (unpaired) electrons. The van der Waals surface area contributed by atoms with Crippen molar-refractivity contribution in [2.75, 3.05) is 0 Å². The zero-order valence-electron chi connectivity index (χ0n) is 11.8. The Morgan fingerprint density at radius 2 is 1.86 bits per heavy atom. The van der Waals surface area contributed by atoms with E-state index in [9.17, 15) is 13.2 Å². The summed E-state index contributed by atoms with van der Waals surface area (Å²) in [4.78, 5) is 4.99. The van der Waals surface area contributed by atoms with Gasteiger partial charge in [-0.3, -0.25) is 0 Å². The minimum atomic E-state index is -4.34. The van der Waals surface area contributed by atoms with E-state index in [1.54, 1.807) is 10.7 Å². The number of hydrogen-bond acceptors (Lipinski definition) is 4. The minimum absolute atomic E-state index is 0.0187. The normalized spacial score (nSPS) is 12.3. The summed E-state index contributed by atoms with van der Waals surface area (Å²) in [5.74, 6) is 0. The molecule has 0 spiro atoms. The molecule has 0 amide bonds. The van der Waals surface area contributed by atoms with Crippen LogP contribution < -0.4 is 4.74 Å². The fourth-order valence-corrected chi connectivity index (χ4v) is 2.76. The summed E-state index contributed by atoms with van der Waals surface area (Å²) in [5.41, 5.74) is 0.503. The molecule has 0 aliphatic rings. The van der Waals surface area contributed by atoms with Gasteiger partial charge in [-0.25, -0.2) is 9.50 Å². The highest BCUT2D eigenvalue weighted by Gasteiger charge is 2.30. The monoisotopic (exact) mass is 327 g/mol. The maximum Gasteiger partial charge on any atom is 0.416 e. The molecule has 0 bridgehead atoms. The third-order valence-corrected chi connectivity index (χ3v) is 3.68. The van der Waals surface area contributed by atoms with Crippen molar-refractivity contribution in [3.8, 4) is 16.5 Å². The molecule has 0 saturated heterocycles. The molecule has 1 aromatic carbocycles. The van der Waals surface area contributed by atoms with Gasteiger partial charge >= 0.3 is 6.18 Å². The predicted octanol–water partition coefficient (Wildman–Crippen LogP) is 4.26. The molecule has 3 aromatic rings. The molecule has 22 heavy (non-hydrogen) atoms. The zero-order chi connectivity index (χ0) is 15.9. The van der Waals surface area contributed by atoms with E-state index in [1.807, 2.05) is 13.8 Å². The number of imidazole rings is 1. The van der Waals surface area contributed by atoms with Crippen LogP contribution >= 0.6 is 11.3 Å². The summed E-state index contributed by atoms with van der Waals surface area (Å²) < 4.78 is 44.7. The number of nitrogens with zero attached hydrogens (tertiary/aromatic N) is 3. The van der Waals surface area contributed by atoms with Gasteiger partial charge in [0.25, 0.3) is 5.19 Å². The topological polar surface area (TPSA) is 39.4 Å². The van der Waals surface area contributed by atoms with Gasteiger partial charge in [0, 0.05) is 5.56 Å². The maximum absolute atomic E-state index is 12.5. The number of aromatic nitrogens is 3. The number of ether oxygens (including phenoxy) is 1. The zero-order valence-corrected chi connectivity index (χ0v) is 12.6. The fraction of sp³-hybridized carbons (Fsp3) is 0.286. The number of hydrogen-bond donors (Lipinski definition) is 0. The van der Waals surface area contributed by atoms with Crippen LogP contribution in [0.25, 0.3) is 16.2 Å². The van der Waals surface area contributed by atoms with Crippen LogP contribution in [0.2, 0.25) is 0 Å². The summed E-state index contributed by atoms with van der Waals surface area (Å²) in [6, 6.07) is 4.90. The number of halogens is 3. The van der Waals surface area contributed by atoms with E-state index in [0.717, 1.165) is 12.1 Å². The first-order valence-corrected chi connectivity index (χ1v) is 7.35. The van der Waals surface area contributed by atoms with E-state index in [-0.39, 0.29) is 6.10 Å². The molecule has 0 fully saturated rings. The maximum atomic E-state index is 12.5. The Morgan fingerprint density at radius 3 is 2.41 bits per heavy atom. The van der Waals surface area contributed by atoms with Crippen molar-refractivity contribution in [3.05, 3.63) is 36.0 Å². The van der Waals surface area contributed by atoms with Gasteiger partial charge in [-0.15, -0.1) is 5.10 Å². The molecule has 3 rings (SSSR count). The molecule has 116 valence electrons. The average molecular weight is 327 g/mol. The first kappa shape index (κ1) is 14.8. The van der Waals surface area contributed by atoms with Crippen molar-refractivity contribution in [2.24, 2.45) is 0 Å². The third-order valence-electron chi connectivity index (χ3n) is 2.87. The largest absolute Gasteiger partial charge is 0.466 e. The predicted molar refractivity (Wildman–Crippen MR) is 77.1 cm³/mol. The smallest absolute Gasteiger partial charge is 0.416 e. The van der Waals surface area contributed by atoms with Crippen molar-refractivity contribution in [1.29, 1.82) is 0 Å². The molecule has 2 heterocycles. The second kappa shape index (κ2) is 5.28. The molecule has 0 aliphatic carbocycles.